The molecule has 0 radical (unpaired) electrons. The van der Waals surface area contributed by atoms with E-state index in [9.17, 15) is 4.79 Å². The number of fused-ring (bicyclic) bond motifs is 1. The van der Waals surface area contributed by atoms with Crippen LogP contribution in [0.25, 0.3) is 0 Å². The van der Waals surface area contributed by atoms with Crippen LogP contribution in [0.3, 0.4) is 0 Å². The summed E-state index contributed by atoms with van der Waals surface area (Å²) in [6.45, 7) is 1.17. The monoisotopic (exact) mass is 167 g/mol. The Bertz CT molecular complexity index is 272. The molecule has 0 amide bonds. The number of aliphatic carboxylic acids is 1. The van der Waals surface area contributed by atoms with Crippen molar-refractivity contribution in [2.24, 2.45) is 4.99 Å². The summed E-state index contributed by atoms with van der Waals surface area (Å²) < 4.78 is 0. The zero-order chi connectivity index (χ0) is 8.55. The molecule has 2 N–H and O–H groups in total. The summed E-state index contributed by atoms with van der Waals surface area (Å²) in [5, 5.41) is 11.7. The predicted octanol–water partition coefficient (Wildman–Crippen LogP) is -0.772. The SMILES string of the molecule is O=C(O)C1NCC2=CN=CCN21. The number of nitrogens with one attached hydrogen (secondary N) is 1. The Morgan fingerprint density at radius 1 is 1.83 bits per heavy atom. The van der Waals surface area contributed by atoms with E-state index in [0.717, 1.165) is 5.70 Å². The van der Waals surface area contributed by atoms with Crippen molar-refractivity contribution in [1.29, 1.82) is 0 Å². The average Bonchev–Trinajstić information content (AvgIpc) is 2.47. The van der Waals surface area contributed by atoms with Crippen LogP contribution in [0.2, 0.25) is 0 Å². The maximum Gasteiger partial charge on any atom is 0.341 e. The standard InChI is InChI=1S/C7H9N3O2/c11-7(12)6-9-4-5-3-8-1-2-10(5)6/h1,3,6,9H,2,4H2,(H,11,12). The summed E-state index contributed by atoms with van der Waals surface area (Å²) in [5.74, 6) is -0.839. The molecule has 2 heterocycles. The highest BCUT2D eigenvalue weighted by atomic mass is 16.4. The lowest BCUT2D eigenvalue weighted by atomic mass is 10.3. The summed E-state index contributed by atoms with van der Waals surface area (Å²) in [7, 11) is 0. The summed E-state index contributed by atoms with van der Waals surface area (Å²) in [6.07, 6.45) is 2.81. The molecular weight excluding hydrogens is 158 g/mol. The highest BCUT2D eigenvalue weighted by Crippen LogP contribution is 2.16. The second kappa shape index (κ2) is 2.60. The van der Waals surface area contributed by atoms with Crippen LogP contribution in [0.5, 0.6) is 0 Å². The zero-order valence-electron chi connectivity index (χ0n) is 6.40. The summed E-state index contributed by atoms with van der Waals surface area (Å²) in [4.78, 5) is 16.4. The number of aliphatic imine (C=N–C) groups is 1. The smallest absolute Gasteiger partial charge is 0.341 e. The third kappa shape index (κ3) is 0.984. The lowest BCUT2D eigenvalue weighted by molar-refractivity contribution is -0.142. The molecule has 5 heteroatoms. The van der Waals surface area contributed by atoms with Crippen LogP contribution in [0.1, 0.15) is 0 Å². The van der Waals surface area contributed by atoms with Crippen LogP contribution in [-0.2, 0) is 4.79 Å². The van der Waals surface area contributed by atoms with Gasteiger partial charge in [-0.1, -0.05) is 0 Å². The summed E-state index contributed by atoms with van der Waals surface area (Å²) in [6, 6.07) is 0. The molecule has 0 saturated carbocycles. The molecule has 0 spiro atoms. The van der Waals surface area contributed by atoms with E-state index in [1.54, 1.807) is 17.3 Å². The number of carboxylic acids is 1. The molecular formula is C7H9N3O2. The van der Waals surface area contributed by atoms with Crippen molar-refractivity contribution in [2.75, 3.05) is 13.1 Å². The molecule has 0 aromatic heterocycles. The maximum atomic E-state index is 10.7. The number of carbonyl (C=O) groups is 1. The Kier molecular flexibility index (Phi) is 1.58. The molecule has 0 aromatic rings. The Labute approximate surface area is 69.4 Å². The molecule has 2 rings (SSSR count). The van der Waals surface area contributed by atoms with E-state index in [4.69, 9.17) is 5.11 Å². The molecule has 0 aromatic carbocycles. The number of nitrogens with zero attached hydrogens (tertiary/aromatic N) is 2. The first-order valence-corrected chi connectivity index (χ1v) is 3.72. The first-order chi connectivity index (χ1) is 5.79. The fraction of sp³-hybridized carbons (Fsp3) is 0.429. The van der Waals surface area contributed by atoms with Gasteiger partial charge in [-0.15, -0.1) is 0 Å². The molecule has 5 nitrogen and oxygen atoms in total. The quantitative estimate of drug-likeness (QED) is 0.538. The molecule has 1 atom stereocenters. The van der Waals surface area contributed by atoms with Crippen molar-refractivity contribution >= 4 is 12.2 Å². The minimum Gasteiger partial charge on any atom is -0.479 e. The topological polar surface area (TPSA) is 64.9 Å². The molecule has 1 saturated heterocycles. The van der Waals surface area contributed by atoms with E-state index in [1.165, 1.54) is 0 Å². The van der Waals surface area contributed by atoms with Gasteiger partial charge in [0.15, 0.2) is 6.17 Å². The van der Waals surface area contributed by atoms with Crippen molar-refractivity contribution in [3.63, 3.8) is 0 Å². The number of carboxylic acid groups (broad SMARTS) is 1. The van der Waals surface area contributed by atoms with Crippen molar-refractivity contribution in [3.05, 3.63) is 11.9 Å². The first-order valence-electron chi connectivity index (χ1n) is 3.72. The Morgan fingerprint density at radius 3 is 3.42 bits per heavy atom. The second-order valence-electron chi connectivity index (χ2n) is 2.73. The van der Waals surface area contributed by atoms with E-state index in [2.05, 4.69) is 10.3 Å². The van der Waals surface area contributed by atoms with Gasteiger partial charge in [0, 0.05) is 24.7 Å². The average molecular weight is 167 g/mol. The highest BCUT2D eigenvalue weighted by Gasteiger charge is 2.32. The van der Waals surface area contributed by atoms with Gasteiger partial charge in [0.25, 0.3) is 0 Å². The Balaban J connectivity index is 2.20. The molecule has 2 aliphatic heterocycles. The fourth-order valence-electron chi connectivity index (χ4n) is 1.42. The third-order valence-corrected chi connectivity index (χ3v) is 2.00. The third-order valence-electron chi connectivity index (χ3n) is 2.00. The Hall–Kier alpha value is -1.36. The molecule has 1 fully saturated rings. The van der Waals surface area contributed by atoms with Crippen molar-refractivity contribution in [1.82, 2.24) is 10.2 Å². The lowest BCUT2D eigenvalue weighted by Crippen LogP contribution is -2.43. The molecule has 1 unspecified atom stereocenters. The maximum absolute atomic E-state index is 10.7. The minimum absolute atomic E-state index is 0.579. The van der Waals surface area contributed by atoms with E-state index < -0.39 is 12.1 Å². The van der Waals surface area contributed by atoms with Crippen molar-refractivity contribution in [2.45, 2.75) is 6.17 Å². The van der Waals surface area contributed by atoms with Crippen LogP contribution < -0.4 is 5.32 Å². The molecule has 0 aliphatic carbocycles. The Morgan fingerprint density at radius 2 is 2.67 bits per heavy atom. The van der Waals surface area contributed by atoms with Crippen LogP contribution >= 0.6 is 0 Å². The van der Waals surface area contributed by atoms with Gasteiger partial charge in [0.1, 0.15) is 0 Å². The highest BCUT2D eigenvalue weighted by molar-refractivity contribution is 5.75. The van der Waals surface area contributed by atoms with Gasteiger partial charge in [-0.2, -0.15) is 0 Å². The van der Waals surface area contributed by atoms with E-state index in [1.807, 2.05) is 0 Å². The van der Waals surface area contributed by atoms with Gasteiger partial charge in [-0.05, 0) is 0 Å². The second-order valence-corrected chi connectivity index (χ2v) is 2.73. The number of hydrogen-bond acceptors (Lipinski definition) is 4. The van der Waals surface area contributed by atoms with E-state index in [0.29, 0.717) is 13.1 Å². The number of rotatable bonds is 1. The first kappa shape index (κ1) is 7.30. The fourth-order valence-corrected chi connectivity index (χ4v) is 1.42. The van der Waals surface area contributed by atoms with E-state index >= 15 is 0 Å². The van der Waals surface area contributed by atoms with Gasteiger partial charge >= 0.3 is 5.97 Å². The summed E-state index contributed by atoms with van der Waals surface area (Å²) >= 11 is 0. The molecule has 64 valence electrons. The van der Waals surface area contributed by atoms with Crippen LogP contribution in [0.4, 0.5) is 0 Å². The summed E-state index contributed by atoms with van der Waals surface area (Å²) in [5.41, 5.74) is 0.949. The minimum atomic E-state index is -0.839. The van der Waals surface area contributed by atoms with Gasteiger partial charge in [0.05, 0.1) is 6.54 Å². The van der Waals surface area contributed by atoms with Crippen molar-refractivity contribution in [3.8, 4) is 0 Å². The van der Waals surface area contributed by atoms with Gasteiger partial charge in [-0.3, -0.25) is 10.3 Å². The van der Waals surface area contributed by atoms with Gasteiger partial charge in [0.2, 0.25) is 0 Å². The van der Waals surface area contributed by atoms with E-state index in [-0.39, 0.29) is 0 Å². The van der Waals surface area contributed by atoms with Crippen LogP contribution in [0.15, 0.2) is 16.9 Å². The zero-order valence-corrected chi connectivity index (χ0v) is 6.40. The van der Waals surface area contributed by atoms with Crippen molar-refractivity contribution < 1.29 is 9.90 Å². The van der Waals surface area contributed by atoms with Gasteiger partial charge in [-0.25, -0.2) is 4.79 Å². The predicted molar refractivity (Wildman–Crippen MR) is 42.7 cm³/mol. The molecule has 12 heavy (non-hydrogen) atoms. The number of hydrogen-bond donors (Lipinski definition) is 2. The lowest BCUT2D eigenvalue weighted by Gasteiger charge is -2.23. The molecule has 2 aliphatic rings. The van der Waals surface area contributed by atoms with Crippen LogP contribution in [0, 0.1) is 0 Å². The normalized spacial score (nSPS) is 26.8. The molecule has 0 bridgehead atoms. The van der Waals surface area contributed by atoms with Crippen LogP contribution in [-0.4, -0.2) is 41.4 Å². The largest absolute Gasteiger partial charge is 0.479 e. The van der Waals surface area contributed by atoms with Gasteiger partial charge < -0.3 is 10.0 Å².